The molecule has 118 valence electrons. The van der Waals surface area contributed by atoms with Crippen LogP contribution in [-0.4, -0.2) is 23.7 Å². The van der Waals surface area contributed by atoms with Gasteiger partial charge in [-0.3, -0.25) is 4.79 Å². The molecule has 1 aromatic carbocycles. The molecule has 0 heterocycles. The summed E-state index contributed by atoms with van der Waals surface area (Å²) in [5, 5.41) is 10.00. The molecule has 1 atom stereocenters. The Bertz CT molecular complexity index is 518. The van der Waals surface area contributed by atoms with Crippen molar-refractivity contribution in [2.75, 3.05) is 6.61 Å². The fourth-order valence-electron chi connectivity index (χ4n) is 1.67. The molecular formula is C15H21Cl2NO3. The first-order valence-electron chi connectivity index (χ1n) is 6.77. The molecule has 1 aromatic rings. The monoisotopic (exact) mass is 333 g/mol. The van der Waals surface area contributed by atoms with Gasteiger partial charge >= 0.3 is 5.97 Å². The van der Waals surface area contributed by atoms with Crippen molar-refractivity contribution in [2.24, 2.45) is 11.1 Å². The second-order valence-electron chi connectivity index (χ2n) is 5.73. The van der Waals surface area contributed by atoms with Crippen molar-refractivity contribution < 1.29 is 14.6 Å². The number of carboxylic acid groups (broad SMARTS) is 1. The molecule has 0 saturated heterocycles. The molecule has 0 aliphatic carbocycles. The van der Waals surface area contributed by atoms with Crippen LogP contribution in [0.3, 0.4) is 0 Å². The van der Waals surface area contributed by atoms with Gasteiger partial charge in [-0.25, -0.2) is 0 Å². The largest absolute Gasteiger partial charge is 0.491 e. The first-order chi connectivity index (χ1) is 9.67. The van der Waals surface area contributed by atoms with Crippen LogP contribution in [-0.2, 0) is 11.2 Å². The smallest absolute Gasteiger partial charge is 0.312 e. The quantitative estimate of drug-likeness (QED) is 0.796. The van der Waals surface area contributed by atoms with Gasteiger partial charge in [-0.1, -0.05) is 30.1 Å². The number of ether oxygens (including phenoxy) is 1. The number of aliphatic carboxylic acids is 1. The molecule has 3 N–H and O–H groups in total. The Morgan fingerprint density at radius 2 is 2.05 bits per heavy atom. The first kappa shape index (κ1) is 18.1. The average Bonchev–Trinajstić information content (AvgIpc) is 2.36. The minimum atomic E-state index is -1.01. The number of benzene rings is 1. The number of halogens is 2. The molecule has 0 aliphatic rings. The van der Waals surface area contributed by atoms with E-state index < -0.39 is 11.4 Å². The molecule has 0 fully saturated rings. The maximum absolute atomic E-state index is 11.1. The van der Waals surface area contributed by atoms with Gasteiger partial charge in [0, 0.05) is 11.1 Å². The summed E-state index contributed by atoms with van der Waals surface area (Å²) in [4.78, 5) is 11.1. The van der Waals surface area contributed by atoms with Crippen LogP contribution in [0.4, 0.5) is 0 Å². The van der Waals surface area contributed by atoms with E-state index in [1.807, 2.05) is 6.92 Å². The number of carboxylic acids is 1. The molecule has 1 rings (SSSR count). The second-order valence-corrected chi connectivity index (χ2v) is 6.57. The highest BCUT2D eigenvalue weighted by Crippen LogP contribution is 2.34. The number of carbonyl (C=O) groups is 1. The van der Waals surface area contributed by atoms with Crippen LogP contribution in [0.25, 0.3) is 0 Å². The van der Waals surface area contributed by atoms with E-state index in [1.54, 1.807) is 26.0 Å². The number of nitrogens with two attached hydrogens (primary N) is 1. The zero-order valence-electron chi connectivity index (χ0n) is 12.5. The van der Waals surface area contributed by atoms with Crippen molar-refractivity contribution in [2.45, 2.75) is 39.7 Å². The van der Waals surface area contributed by atoms with Crippen molar-refractivity contribution in [1.29, 1.82) is 0 Å². The van der Waals surface area contributed by atoms with E-state index >= 15 is 0 Å². The second kappa shape index (κ2) is 7.34. The van der Waals surface area contributed by atoms with E-state index in [1.165, 1.54) is 0 Å². The molecule has 0 saturated carbocycles. The zero-order valence-corrected chi connectivity index (χ0v) is 14.0. The maximum Gasteiger partial charge on any atom is 0.312 e. The molecule has 0 bridgehead atoms. The third kappa shape index (κ3) is 5.06. The molecule has 0 aliphatic heterocycles. The molecule has 0 radical (unpaired) electrons. The van der Waals surface area contributed by atoms with Crippen molar-refractivity contribution in [3.05, 3.63) is 27.7 Å². The van der Waals surface area contributed by atoms with E-state index in [0.717, 1.165) is 12.0 Å². The average molecular weight is 334 g/mol. The van der Waals surface area contributed by atoms with Crippen molar-refractivity contribution in [3.8, 4) is 5.75 Å². The summed E-state index contributed by atoms with van der Waals surface area (Å²) in [6.07, 6.45) is 1.38. The summed E-state index contributed by atoms with van der Waals surface area (Å²) < 4.78 is 5.67. The van der Waals surface area contributed by atoms with Gasteiger partial charge < -0.3 is 15.6 Å². The fourth-order valence-corrected chi connectivity index (χ4v) is 2.26. The Morgan fingerprint density at radius 3 is 2.57 bits per heavy atom. The highest BCUT2D eigenvalue weighted by Gasteiger charge is 2.29. The highest BCUT2D eigenvalue weighted by molar-refractivity contribution is 6.35. The van der Waals surface area contributed by atoms with Crippen LogP contribution in [0.5, 0.6) is 5.75 Å². The van der Waals surface area contributed by atoms with Crippen molar-refractivity contribution in [1.82, 2.24) is 0 Å². The Labute approximate surface area is 135 Å². The van der Waals surface area contributed by atoms with Crippen molar-refractivity contribution >= 4 is 29.2 Å². The Kier molecular flexibility index (Phi) is 6.32. The molecule has 6 heteroatoms. The van der Waals surface area contributed by atoms with Gasteiger partial charge in [0.15, 0.2) is 0 Å². The highest BCUT2D eigenvalue weighted by atomic mass is 35.5. The molecule has 4 nitrogen and oxygen atoms in total. The van der Waals surface area contributed by atoms with E-state index in [9.17, 15) is 4.79 Å². The van der Waals surface area contributed by atoms with Crippen LogP contribution < -0.4 is 10.5 Å². The third-order valence-electron chi connectivity index (χ3n) is 3.25. The predicted octanol–water partition coefficient (Wildman–Crippen LogP) is 3.76. The number of rotatable bonds is 7. The summed E-state index contributed by atoms with van der Waals surface area (Å²) in [6.45, 7) is 5.19. The lowest BCUT2D eigenvalue weighted by atomic mass is 9.95. The van der Waals surface area contributed by atoms with Crippen LogP contribution in [0.1, 0.15) is 32.8 Å². The van der Waals surface area contributed by atoms with Gasteiger partial charge in [0.05, 0.1) is 10.4 Å². The maximum atomic E-state index is 11.1. The Balaban J connectivity index is 3.02. The standard InChI is InChI=1S/C15H21Cl2NO3/c1-4-11(18)6-9-5-10(16)7-12(17)13(9)21-8-15(2,3)14(19)20/h5,7,11H,4,6,8,18H2,1-3H3,(H,19,20). The van der Waals surface area contributed by atoms with Gasteiger partial charge in [0.1, 0.15) is 12.4 Å². The molecule has 21 heavy (non-hydrogen) atoms. The summed E-state index contributed by atoms with van der Waals surface area (Å²) >= 11 is 12.2. The molecule has 0 aromatic heterocycles. The van der Waals surface area contributed by atoms with E-state index in [2.05, 4.69) is 0 Å². The Morgan fingerprint density at radius 1 is 1.43 bits per heavy atom. The van der Waals surface area contributed by atoms with Crippen LogP contribution >= 0.6 is 23.2 Å². The van der Waals surface area contributed by atoms with Crippen LogP contribution in [0.15, 0.2) is 12.1 Å². The lowest BCUT2D eigenvalue weighted by molar-refractivity contribution is -0.148. The molecule has 0 amide bonds. The van der Waals surface area contributed by atoms with E-state index in [-0.39, 0.29) is 12.6 Å². The van der Waals surface area contributed by atoms with Crippen molar-refractivity contribution in [3.63, 3.8) is 0 Å². The lowest BCUT2D eigenvalue weighted by Gasteiger charge is -2.22. The summed E-state index contributed by atoms with van der Waals surface area (Å²) in [7, 11) is 0. The number of hydrogen-bond donors (Lipinski definition) is 2. The lowest BCUT2D eigenvalue weighted by Crippen LogP contribution is -2.31. The van der Waals surface area contributed by atoms with Crippen LogP contribution in [0, 0.1) is 5.41 Å². The summed E-state index contributed by atoms with van der Waals surface area (Å²) in [6, 6.07) is 3.30. The topological polar surface area (TPSA) is 72.5 Å². The van der Waals surface area contributed by atoms with Gasteiger partial charge in [-0.2, -0.15) is 0 Å². The first-order valence-corrected chi connectivity index (χ1v) is 7.52. The van der Waals surface area contributed by atoms with E-state index in [4.69, 9.17) is 38.8 Å². The fraction of sp³-hybridized carbons (Fsp3) is 0.533. The molecule has 0 spiro atoms. The van der Waals surface area contributed by atoms with Gasteiger partial charge in [-0.05, 0) is 44.4 Å². The van der Waals surface area contributed by atoms with Crippen LogP contribution in [0.2, 0.25) is 10.0 Å². The van der Waals surface area contributed by atoms with Gasteiger partial charge in [-0.15, -0.1) is 0 Å². The third-order valence-corrected chi connectivity index (χ3v) is 3.75. The number of hydrogen-bond acceptors (Lipinski definition) is 3. The van der Waals surface area contributed by atoms with Gasteiger partial charge in [0.25, 0.3) is 0 Å². The normalized spacial score (nSPS) is 13.0. The molecular weight excluding hydrogens is 313 g/mol. The predicted molar refractivity (Wildman–Crippen MR) is 85.3 cm³/mol. The van der Waals surface area contributed by atoms with E-state index in [0.29, 0.717) is 22.2 Å². The van der Waals surface area contributed by atoms with Gasteiger partial charge in [0.2, 0.25) is 0 Å². The minimum Gasteiger partial charge on any atom is -0.491 e. The zero-order chi connectivity index (χ0) is 16.2. The Hall–Kier alpha value is -0.970. The summed E-state index contributed by atoms with van der Waals surface area (Å²) in [5.41, 5.74) is 5.76. The minimum absolute atomic E-state index is 0.0120. The molecule has 1 unspecified atom stereocenters. The summed E-state index contributed by atoms with van der Waals surface area (Å²) in [5.74, 6) is -0.473. The SMILES string of the molecule is CCC(N)Cc1cc(Cl)cc(Cl)c1OCC(C)(C)C(=O)O.